The van der Waals surface area contributed by atoms with Crippen molar-refractivity contribution in [2.45, 2.75) is 38.3 Å². The van der Waals surface area contributed by atoms with Crippen molar-refractivity contribution < 1.29 is 19.1 Å². The van der Waals surface area contributed by atoms with E-state index >= 15 is 0 Å². The average molecular weight is 542 g/mol. The van der Waals surface area contributed by atoms with Crippen molar-refractivity contribution >= 4 is 34.2 Å². The van der Waals surface area contributed by atoms with E-state index in [9.17, 15) is 14.4 Å². The molecule has 40 heavy (non-hydrogen) atoms. The van der Waals surface area contributed by atoms with Crippen LogP contribution in [0.4, 0.5) is 0 Å². The molecule has 0 unspecified atom stereocenters. The van der Waals surface area contributed by atoms with E-state index in [-0.39, 0.29) is 25.0 Å². The zero-order valence-electron chi connectivity index (χ0n) is 23.1. The van der Waals surface area contributed by atoms with Crippen molar-refractivity contribution in [1.82, 2.24) is 15.2 Å². The van der Waals surface area contributed by atoms with Gasteiger partial charge >= 0.3 is 0 Å². The average Bonchev–Trinajstić information content (AvgIpc) is 3.19. The standard InChI is InChI=1S/C31H35N5O4/c1-30(2,32)28(38)33-25(19-40-24-14-13-22-11-7-8-12-23(22)17-24)27(37)36-16-15-26-31(20-36,29(39)35(3)34-26)18-21-9-5-4-6-10-21/h4-14,17,25H,15-16,18-20,32H2,1-3H3,(H,33,38)/t25-,31-/m1/s1. The molecule has 5 rings (SSSR count). The maximum absolute atomic E-state index is 14.0. The second-order valence-electron chi connectivity index (χ2n) is 11.2. The molecule has 2 aliphatic rings. The summed E-state index contributed by atoms with van der Waals surface area (Å²) in [6.45, 7) is 3.62. The van der Waals surface area contributed by atoms with Crippen molar-refractivity contribution in [3.63, 3.8) is 0 Å². The number of nitrogens with one attached hydrogen (secondary N) is 1. The first-order chi connectivity index (χ1) is 19.1. The summed E-state index contributed by atoms with van der Waals surface area (Å²) in [6, 6.07) is 22.3. The van der Waals surface area contributed by atoms with Crippen LogP contribution in [0.1, 0.15) is 25.8 Å². The van der Waals surface area contributed by atoms with Crippen LogP contribution >= 0.6 is 0 Å². The van der Waals surface area contributed by atoms with Crippen molar-refractivity contribution in [2.24, 2.45) is 16.3 Å². The summed E-state index contributed by atoms with van der Waals surface area (Å²) in [5.41, 5.74) is 5.67. The number of hydrogen-bond acceptors (Lipinski definition) is 6. The molecule has 0 saturated carbocycles. The Kier molecular flexibility index (Phi) is 7.33. The second-order valence-corrected chi connectivity index (χ2v) is 11.2. The molecule has 3 aromatic carbocycles. The number of amides is 3. The number of ether oxygens (including phenoxy) is 1. The van der Waals surface area contributed by atoms with Gasteiger partial charge in [-0.25, -0.2) is 5.01 Å². The molecule has 3 amide bonds. The fourth-order valence-electron chi connectivity index (χ4n) is 5.39. The molecule has 0 aliphatic carbocycles. The van der Waals surface area contributed by atoms with Gasteiger partial charge < -0.3 is 20.7 Å². The Labute approximate surface area is 234 Å². The summed E-state index contributed by atoms with van der Waals surface area (Å²) in [5.74, 6) is -0.353. The number of nitrogens with two attached hydrogens (primary N) is 1. The van der Waals surface area contributed by atoms with Crippen molar-refractivity contribution in [3.05, 3.63) is 78.4 Å². The lowest BCUT2D eigenvalue weighted by atomic mass is 9.73. The number of likely N-dealkylation sites (tertiary alicyclic amines) is 1. The third-order valence-electron chi connectivity index (χ3n) is 7.59. The van der Waals surface area contributed by atoms with Crippen molar-refractivity contribution in [1.29, 1.82) is 0 Å². The number of piperidine rings is 1. The van der Waals surface area contributed by atoms with E-state index in [2.05, 4.69) is 10.4 Å². The number of hydrazone groups is 1. The molecule has 0 aromatic heterocycles. The highest BCUT2D eigenvalue weighted by atomic mass is 16.5. The van der Waals surface area contributed by atoms with Gasteiger partial charge in [-0.05, 0) is 48.7 Å². The molecular formula is C31H35N5O4. The lowest BCUT2D eigenvalue weighted by Gasteiger charge is -2.40. The molecule has 2 aliphatic heterocycles. The minimum Gasteiger partial charge on any atom is -0.491 e. The van der Waals surface area contributed by atoms with Crippen LogP contribution in [0.15, 0.2) is 77.9 Å². The third-order valence-corrected chi connectivity index (χ3v) is 7.59. The van der Waals surface area contributed by atoms with Gasteiger partial charge in [0.1, 0.15) is 23.8 Å². The summed E-state index contributed by atoms with van der Waals surface area (Å²) in [4.78, 5) is 42.0. The van der Waals surface area contributed by atoms with Gasteiger partial charge in [0.15, 0.2) is 0 Å². The van der Waals surface area contributed by atoms with Gasteiger partial charge in [-0.1, -0.05) is 60.7 Å². The van der Waals surface area contributed by atoms with Crippen LogP contribution in [0.5, 0.6) is 5.75 Å². The van der Waals surface area contributed by atoms with E-state index < -0.39 is 22.9 Å². The number of nitrogens with zero attached hydrogens (tertiary/aromatic N) is 3. The summed E-state index contributed by atoms with van der Waals surface area (Å²) in [6.07, 6.45) is 0.892. The predicted molar refractivity (Wildman–Crippen MR) is 154 cm³/mol. The molecule has 9 nitrogen and oxygen atoms in total. The van der Waals surface area contributed by atoms with Crippen molar-refractivity contribution in [2.75, 3.05) is 26.7 Å². The number of benzene rings is 3. The summed E-state index contributed by atoms with van der Waals surface area (Å²) in [7, 11) is 1.65. The maximum atomic E-state index is 14.0. The van der Waals surface area contributed by atoms with E-state index in [0.29, 0.717) is 25.1 Å². The lowest BCUT2D eigenvalue weighted by Crippen LogP contribution is -2.62. The Balaban J connectivity index is 1.39. The van der Waals surface area contributed by atoms with E-state index in [1.807, 2.05) is 72.8 Å². The Bertz CT molecular complexity index is 1470. The first-order valence-electron chi connectivity index (χ1n) is 13.5. The third kappa shape index (κ3) is 5.42. The lowest BCUT2D eigenvalue weighted by molar-refractivity contribution is -0.143. The SMILES string of the molecule is CN1N=C2CCN(C(=O)[C@@H](COc3ccc4ccccc4c3)NC(=O)C(C)(C)N)C[C@@]2(Cc2ccccc2)C1=O. The molecule has 208 valence electrons. The Morgan fingerprint density at radius 2 is 1.77 bits per heavy atom. The van der Waals surface area contributed by atoms with Crippen molar-refractivity contribution in [3.8, 4) is 5.75 Å². The van der Waals surface area contributed by atoms with Gasteiger partial charge in [0.2, 0.25) is 11.8 Å². The molecule has 1 fully saturated rings. The first-order valence-corrected chi connectivity index (χ1v) is 13.5. The van der Waals surface area contributed by atoms with Gasteiger partial charge in [0.25, 0.3) is 5.91 Å². The summed E-state index contributed by atoms with van der Waals surface area (Å²) >= 11 is 0. The van der Waals surface area contributed by atoms with Crippen LogP contribution in [-0.4, -0.2) is 71.7 Å². The molecule has 0 radical (unpaired) electrons. The molecule has 2 atom stereocenters. The van der Waals surface area contributed by atoms with E-state index in [0.717, 1.165) is 22.0 Å². The highest BCUT2D eigenvalue weighted by Gasteiger charge is 2.54. The Hall–Kier alpha value is -4.24. The van der Waals surface area contributed by atoms with Gasteiger partial charge in [-0.2, -0.15) is 5.10 Å². The van der Waals surface area contributed by atoms with E-state index in [4.69, 9.17) is 10.5 Å². The van der Waals surface area contributed by atoms with Gasteiger partial charge in [-0.3, -0.25) is 14.4 Å². The number of carbonyl (C=O) groups excluding carboxylic acids is 3. The molecule has 3 N–H and O–H groups in total. The molecule has 1 saturated heterocycles. The monoisotopic (exact) mass is 541 g/mol. The van der Waals surface area contributed by atoms with Crippen LogP contribution in [-0.2, 0) is 20.8 Å². The fourth-order valence-corrected chi connectivity index (χ4v) is 5.39. The van der Waals surface area contributed by atoms with Crippen LogP contribution in [0.3, 0.4) is 0 Å². The Morgan fingerprint density at radius 1 is 1.07 bits per heavy atom. The van der Waals surface area contributed by atoms with Gasteiger partial charge in [0, 0.05) is 26.6 Å². The molecule has 9 heteroatoms. The highest BCUT2D eigenvalue weighted by Crippen LogP contribution is 2.38. The minimum absolute atomic E-state index is 0.0873. The maximum Gasteiger partial charge on any atom is 0.256 e. The highest BCUT2D eigenvalue weighted by molar-refractivity contribution is 6.13. The van der Waals surface area contributed by atoms with E-state index in [1.54, 1.807) is 25.8 Å². The molecular weight excluding hydrogens is 506 g/mol. The Morgan fingerprint density at radius 3 is 2.50 bits per heavy atom. The number of carbonyl (C=O) groups is 3. The largest absolute Gasteiger partial charge is 0.491 e. The zero-order valence-corrected chi connectivity index (χ0v) is 23.1. The molecule has 0 spiro atoms. The smallest absolute Gasteiger partial charge is 0.256 e. The number of fused-ring (bicyclic) bond motifs is 2. The molecule has 0 bridgehead atoms. The van der Waals surface area contributed by atoms with Crippen LogP contribution in [0.2, 0.25) is 0 Å². The zero-order chi connectivity index (χ0) is 28.5. The summed E-state index contributed by atoms with van der Waals surface area (Å²) in [5, 5.41) is 10.8. The normalized spacial score (nSPS) is 19.7. The molecule has 3 aromatic rings. The quantitative estimate of drug-likeness (QED) is 0.455. The molecule has 2 heterocycles. The minimum atomic E-state index is -1.19. The van der Waals surface area contributed by atoms with Crippen LogP contribution < -0.4 is 15.8 Å². The van der Waals surface area contributed by atoms with Crippen LogP contribution in [0, 0.1) is 5.41 Å². The topological polar surface area (TPSA) is 117 Å². The first kappa shape index (κ1) is 27.3. The second kappa shape index (κ2) is 10.7. The van der Waals surface area contributed by atoms with Gasteiger partial charge in [0.05, 0.1) is 11.3 Å². The summed E-state index contributed by atoms with van der Waals surface area (Å²) < 4.78 is 6.05. The number of rotatable bonds is 8. The number of hydrogen-bond donors (Lipinski definition) is 2. The predicted octanol–water partition coefficient (Wildman–Crippen LogP) is 2.73. The van der Waals surface area contributed by atoms with E-state index in [1.165, 1.54) is 5.01 Å². The fraction of sp³-hybridized carbons (Fsp3) is 0.355. The van der Waals surface area contributed by atoms with Gasteiger partial charge in [-0.15, -0.1) is 0 Å². The van der Waals surface area contributed by atoms with Crippen LogP contribution in [0.25, 0.3) is 10.8 Å².